The Kier molecular flexibility index (Phi) is 378. The first-order valence-electron chi connectivity index (χ1n) is 0. The molecule has 0 saturated heterocycles. The van der Waals surface area contributed by atoms with Gasteiger partial charge in [-0.2, -0.15) is 0 Å². The van der Waals surface area contributed by atoms with E-state index in [1.165, 1.54) is 0 Å². The Balaban J connectivity index is 0. The minimum atomic E-state index is 0. The van der Waals surface area contributed by atoms with E-state index in [-0.39, 0.29) is 200 Å². The molecule has 0 aromatic carbocycles. The van der Waals surface area contributed by atoms with E-state index >= 15 is 0 Å². The van der Waals surface area contributed by atoms with Crippen LogP contribution in [0.1, 0.15) is 0 Å². The molecular formula is H24In3Sb5. The Morgan fingerprint density at radius 2 is 0.250 bits per heavy atom. The Morgan fingerprint density at radius 3 is 0.250 bits per heavy atom. The van der Waals surface area contributed by atoms with Gasteiger partial charge >= 0.3 is 200 Å². The predicted octanol–water partition coefficient (Wildman–Crippen LogP) is -9.47. The monoisotopic (exact) mass is 973 g/mol. The molecule has 0 heterocycles. The molecular weight excluding hydrogens is 953 g/mol. The normalized spacial score (nSPS) is 0. The summed E-state index contributed by atoms with van der Waals surface area (Å²) in [7, 11) is 0. The van der Waals surface area contributed by atoms with Gasteiger partial charge in [0.05, 0.1) is 0 Å². The maximum absolute atomic E-state index is 0. The first kappa shape index (κ1) is 61.5. The predicted molar refractivity (Wildman–Crippen MR) is 79.5 cm³/mol. The summed E-state index contributed by atoms with van der Waals surface area (Å²) in [6, 6.07) is 0. The van der Waals surface area contributed by atoms with Gasteiger partial charge in [-0.1, -0.05) is 0 Å². The van der Waals surface area contributed by atoms with Crippen LogP contribution >= 0.6 is 0 Å². The Labute approximate surface area is 194 Å². The van der Waals surface area contributed by atoms with Gasteiger partial charge in [0.15, 0.2) is 0 Å². The summed E-state index contributed by atoms with van der Waals surface area (Å²) in [5.41, 5.74) is 0. The fraction of sp³-hybridized carbons (Fsp3) is 0. The van der Waals surface area contributed by atoms with Gasteiger partial charge in [-0.15, -0.1) is 0 Å². The zero-order valence-electron chi connectivity index (χ0n) is 3.54. The number of rotatable bonds is 0. The summed E-state index contributed by atoms with van der Waals surface area (Å²) in [6.45, 7) is 0. The van der Waals surface area contributed by atoms with Crippen LogP contribution in [0.3, 0.4) is 0 Å². The molecule has 0 unspecified atom stereocenters. The van der Waals surface area contributed by atoms with Crippen LogP contribution in [0.5, 0.6) is 0 Å². The van der Waals surface area contributed by atoms with E-state index in [0.717, 1.165) is 0 Å². The molecule has 0 N–H and O–H groups in total. The zero-order chi connectivity index (χ0) is 0. The van der Waals surface area contributed by atoms with E-state index in [9.17, 15) is 0 Å². The Morgan fingerprint density at radius 1 is 0.250 bits per heavy atom. The molecule has 0 radical (unpaired) electrons. The third kappa shape index (κ3) is 38.7. The Bertz CT molecular complexity index is 7.64. The first-order chi connectivity index (χ1) is 0. The molecule has 0 aromatic rings. The first-order valence-corrected chi connectivity index (χ1v) is 0. The maximum atomic E-state index is 0. The molecule has 0 aliphatic rings. The van der Waals surface area contributed by atoms with Crippen molar-refractivity contribution in [3.8, 4) is 0 Å². The zero-order valence-corrected chi connectivity index (χ0v) is 23.7. The molecule has 0 aromatic heterocycles. The van der Waals surface area contributed by atoms with Crippen molar-refractivity contribution in [2.75, 3.05) is 0 Å². The standard InChI is InChI=1S/3In.5Sb.24H. The summed E-state index contributed by atoms with van der Waals surface area (Å²) >= 11 is 0. The molecule has 8 heteroatoms. The average molecular weight is 977 g/mol. The quantitative estimate of drug-likeness (QED) is 0.212. The van der Waals surface area contributed by atoms with Gasteiger partial charge in [-0.3, -0.25) is 0 Å². The van der Waals surface area contributed by atoms with Crippen LogP contribution < -0.4 is 0 Å². The molecule has 0 aliphatic heterocycles. The molecule has 8 heavy (non-hydrogen) atoms. The molecule has 0 nitrogen and oxygen atoms in total. The van der Waals surface area contributed by atoms with Crippen molar-refractivity contribution in [2.24, 2.45) is 0 Å². The van der Waals surface area contributed by atoms with E-state index in [0.29, 0.717) is 0 Å². The number of hydrogen-bond acceptors (Lipinski definition) is 0. The fourth-order valence-electron chi connectivity index (χ4n) is 0. The summed E-state index contributed by atoms with van der Waals surface area (Å²) in [6.07, 6.45) is 0. The van der Waals surface area contributed by atoms with Crippen LogP contribution in [-0.4, -0.2) is 200 Å². The number of hydrogen-bond donors (Lipinski definition) is 0. The van der Waals surface area contributed by atoms with Crippen molar-refractivity contribution in [2.45, 2.75) is 0 Å². The van der Waals surface area contributed by atoms with Crippen LogP contribution in [-0.2, 0) is 0 Å². The SMILES string of the molecule is [InH3].[InH3].[InH3].[SbH3].[SbH3].[SbH3].[SbH3].[SbH3]. The van der Waals surface area contributed by atoms with Gasteiger partial charge in [-0.25, -0.2) is 0 Å². The van der Waals surface area contributed by atoms with E-state index in [4.69, 9.17) is 0 Å². The van der Waals surface area contributed by atoms with E-state index in [2.05, 4.69) is 0 Å². The third-order valence-corrected chi connectivity index (χ3v) is 0. The summed E-state index contributed by atoms with van der Waals surface area (Å²) < 4.78 is 0. The molecule has 0 atom stereocenters. The second-order valence-electron chi connectivity index (χ2n) is 0. The molecule has 0 aliphatic carbocycles. The van der Waals surface area contributed by atoms with Gasteiger partial charge in [0, 0.05) is 0 Å². The molecule has 0 fully saturated rings. The topological polar surface area (TPSA) is 0 Å². The average Bonchev–Trinajstić information content (AvgIpc) is 0. The van der Waals surface area contributed by atoms with Crippen LogP contribution in [0.4, 0.5) is 0 Å². The van der Waals surface area contributed by atoms with Crippen LogP contribution in [0.15, 0.2) is 0 Å². The van der Waals surface area contributed by atoms with Crippen LogP contribution in [0.25, 0.3) is 0 Å². The van der Waals surface area contributed by atoms with Gasteiger partial charge < -0.3 is 0 Å². The van der Waals surface area contributed by atoms with Crippen LogP contribution in [0, 0.1) is 0 Å². The second-order valence-corrected chi connectivity index (χ2v) is 0. The molecule has 0 spiro atoms. The summed E-state index contributed by atoms with van der Waals surface area (Å²) in [4.78, 5) is 0. The van der Waals surface area contributed by atoms with Gasteiger partial charge in [0.1, 0.15) is 0 Å². The summed E-state index contributed by atoms with van der Waals surface area (Å²) in [5.74, 6) is 0. The van der Waals surface area contributed by atoms with Crippen LogP contribution in [0.2, 0.25) is 0 Å². The van der Waals surface area contributed by atoms with Crippen molar-refractivity contribution in [3.05, 3.63) is 0 Å². The minimum absolute atomic E-state index is 0. The molecule has 58 valence electrons. The van der Waals surface area contributed by atoms with Crippen molar-refractivity contribution in [3.63, 3.8) is 0 Å². The van der Waals surface area contributed by atoms with Crippen molar-refractivity contribution in [1.82, 2.24) is 0 Å². The van der Waals surface area contributed by atoms with Gasteiger partial charge in [0.2, 0.25) is 0 Å². The van der Waals surface area contributed by atoms with Crippen molar-refractivity contribution >= 4 is 200 Å². The van der Waals surface area contributed by atoms with Gasteiger partial charge in [-0.05, 0) is 0 Å². The molecule has 0 amide bonds. The molecule has 0 bridgehead atoms. The van der Waals surface area contributed by atoms with Crippen molar-refractivity contribution in [1.29, 1.82) is 0 Å². The van der Waals surface area contributed by atoms with E-state index < -0.39 is 0 Å². The third-order valence-electron chi connectivity index (χ3n) is 0. The molecule has 0 rings (SSSR count). The van der Waals surface area contributed by atoms with Gasteiger partial charge in [0.25, 0.3) is 0 Å². The van der Waals surface area contributed by atoms with E-state index in [1.807, 2.05) is 0 Å². The van der Waals surface area contributed by atoms with Crippen molar-refractivity contribution < 1.29 is 0 Å². The summed E-state index contributed by atoms with van der Waals surface area (Å²) in [5, 5.41) is 0. The molecule has 0 saturated carbocycles. The fourth-order valence-corrected chi connectivity index (χ4v) is 0. The van der Waals surface area contributed by atoms with E-state index in [1.54, 1.807) is 0 Å². The Hall–Kier alpha value is 6.70. The second kappa shape index (κ2) is 49.2.